The van der Waals surface area contributed by atoms with E-state index in [2.05, 4.69) is 28.4 Å². The van der Waals surface area contributed by atoms with E-state index in [-0.39, 0.29) is 0 Å². The Morgan fingerprint density at radius 3 is 2.78 bits per heavy atom. The van der Waals surface area contributed by atoms with E-state index in [0.717, 1.165) is 37.5 Å². The molecule has 2 heterocycles. The summed E-state index contributed by atoms with van der Waals surface area (Å²) in [6, 6.07) is 10.3. The van der Waals surface area contributed by atoms with Crippen LogP contribution in [0.25, 0.3) is 10.9 Å². The van der Waals surface area contributed by atoms with Crippen molar-refractivity contribution in [3.63, 3.8) is 0 Å². The van der Waals surface area contributed by atoms with Gasteiger partial charge in [-0.3, -0.25) is 0 Å². The molecule has 1 fully saturated rings. The van der Waals surface area contributed by atoms with Crippen LogP contribution in [-0.4, -0.2) is 31.2 Å². The summed E-state index contributed by atoms with van der Waals surface area (Å²) in [5.74, 6) is 1.05. The molecule has 4 nitrogen and oxygen atoms in total. The zero-order valence-corrected chi connectivity index (χ0v) is 10.4. The van der Waals surface area contributed by atoms with Gasteiger partial charge in [-0.1, -0.05) is 18.2 Å². The number of nitrogens with zero attached hydrogens (tertiary/aromatic N) is 2. The Bertz CT molecular complexity index is 546. The molecule has 94 valence electrons. The molecule has 0 unspecified atom stereocenters. The number of pyridine rings is 1. The van der Waals surface area contributed by atoms with E-state index in [1.165, 1.54) is 10.9 Å². The first kappa shape index (κ1) is 11.4. The topological polar surface area (TPSA) is 54.2 Å². The molecular weight excluding hydrogens is 224 g/mol. The molecule has 1 aliphatic rings. The zero-order chi connectivity index (χ0) is 12.4. The number of rotatable bonds is 2. The van der Waals surface area contributed by atoms with E-state index < -0.39 is 0 Å². The van der Waals surface area contributed by atoms with E-state index >= 15 is 0 Å². The third-order valence-corrected chi connectivity index (χ3v) is 3.45. The molecule has 0 spiro atoms. The van der Waals surface area contributed by atoms with Crippen molar-refractivity contribution in [1.82, 2.24) is 10.3 Å². The number of hydrogen-bond acceptors (Lipinski definition) is 4. The van der Waals surface area contributed by atoms with Gasteiger partial charge < -0.3 is 16.0 Å². The number of piperazine rings is 1. The van der Waals surface area contributed by atoms with Crippen molar-refractivity contribution in [2.24, 2.45) is 5.73 Å². The maximum absolute atomic E-state index is 5.86. The van der Waals surface area contributed by atoms with Gasteiger partial charge in [-0.25, -0.2) is 4.98 Å². The van der Waals surface area contributed by atoms with E-state index in [1.54, 1.807) is 0 Å². The Morgan fingerprint density at radius 2 is 2.00 bits per heavy atom. The van der Waals surface area contributed by atoms with Gasteiger partial charge in [0.25, 0.3) is 0 Å². The quantitative estimate of drug-likeness (QED) is 0.828. The standard InChI is InChI=1S/C14H18N4/c15-10-11-9-14(18-7-5-16-6-8-18)17-13-4-2-1-3-12(11)13/h1-4,9,16H,5-8,10,15H2. The lowest BCUT2D eigenvalue weighted by Gasteiger charge is -2.29. The summed E-state index contributed by atoms with van der Waals surface area (Å²) in [4.78, 5) is 7.07. The van der Waals surface area contributed by atoms with Gasteiger partial charge in [-0.05, 0) is 17.7 Å². The molecule has 3 rings (SSSR count). The van der Waals surface area contributed by atoms with Gasteiger partial charge in [0, 0.05) is 38.1 Å². The van der Waals surface area contributed by atoms with Crippen LogP contribution in [0, 0.1) is 0 Å². The van der Waals surface area contributed by atoms with Gasteiger partial charge in [0.05, 0.1) is 5.52 Å². The van der Waals surface area contributed by atoms with Gasteiger partial charge in [0.1, 0.15) is 5.82 Å². The highest BCUT2D eigenvalue weighted by molar-refractivity contribution is 5.84. The second-order valence-corrected chi connectivity index (χ2v) is 4.60. The van der Waals surface area contributed by atoms with Crippen molar-refractivity contribution in [1.29, 1.82) is 0 Å². The monoisotopic (exact) mass is 242 g/mol. The Morgan fingerprint density at radius 1 is 1.22 bits per heavy atom. The Hall–Kier alpha value is -1.65. The molecule has 2 aromatic rings. The molecule has 1 saturated heterocycles. The summed E-state index contributed by atoms with van der Waals surface area (Å²) in [5, 5.41) is 4.52. The van der Waals surface area contributed by atoms with Gasteiger partial charge in [-0.2, -0.15) is 0 Å². The number of para-hydroxylation sites is 1. The molecule has 3 N–H and O–H groups in total. The summed E-state index contributed by atoms with van der Waals surface area (Å²) in [6.07, 6.45) is 0. The normalized spacial score (nSPS) is 16.2. The minimum Gasteiger partial charge on any atom is -0.354 e. The third kappa shape index (κ3) is 2.05. The minimum absolute atomic E-state index is 0.558. The molecule has 4 heteroatoms. The van der Waals surface area contributed by atoms with Crippen LogP contribution in [0.15, 0.2) is 30.3 Å². The molecule has 0 atom stereocenters. The van der Waals surface area contributed by atoms with E-state index in [1.807, 2.05) is 12.1 Å². The van der Waals surface area contributed by atoms with Crippen LogP contribution in [0.3, 0.4) is 0 Å². The van der Waals surface area contributed by atoms with Gasteiger partial charge >= 0.3 is 0 Å². The smallest absolute Gasteiger partial charge is 0.129 e. The first-order valence-corrected chi connectivity index (χ1v) is 6.43. The van der Waals surface area contributed by atoms with Crippen LogP contribution in [0.2, 0.25) is 0 Å². The van der Waals surface area contributed by atoms with Crippen molar-refractivity contribution >= 4 is 16.7 Å². The molecule has 1 aliphatic heterocycles. The lowest BCUT2D eigenvalue weighted by Crippen LogP contribution is -2.43. The largest absolute Gasteiger partial charge is 0.354 e. The summed E-state index contributed by atoms with van der Waals surface area (Å²) >= 11 is 0. The maximum atomic E-state index is 5.86. The molecule has 0 radical (unpaired) electrons. The number of benzene rings is 1. The van der Waals surface area contributed by atoms with Crippen LogP contribution in [0.1, 0.15) is 5.56 Å². The summed E-state index contributed by atoms with van der Waals surface area (Å²) < 4.78 is 0. The summed E-state index contributed by atoms with van der Waals surface area (Å²) in [5.41, 5.74) is 8.07. The van der Waals surface area contributed by atoms with Crippen molar-refractivity contribution in [3.05, 3.63) is 35.9 Å². The Labute approximate surface area is 107 Å². The van der Waals surface area contributed by atoms with Crippen molar-refractivity contribution in [2.45, 2.75) is 6.54 Å². The second kappa shape index (κ2) is 4.92. The molecule has 0 amide bonds. The molecule has 0 bridgehead atoms. The molecular formula is C14H18N4. The number of anilines is 1. The first-order chi connectivity index (χ1) is 8.88. The van der Waals surface area contributed by atoms with Crippen molar-refractivity contribution < 1.29 is 0 Å². The number of fused-ring (bicyclic) bond motifs is 1. The second-order valence-electron chi connectivity index (χ2n) is 4.60. The van der Waals surface area contributed by atoms with Gasteiger partial charge in [-0.15, -0.1) is 0 Å². The van der Waals surface area contributed by atoms with Crippen molar-refractivity contribution in [2.75, 3.05) is 31.1 Å². The molecule has 0 saturated carbocycles. The fraction of sp³-hybridized carbons (Fsp3) is 0.357. The van der Waals surface area contributed by atoms with Crippen LogP contribution in [0.5, 0.6) is 0 Å². The molecule has 1 aromatic heterocycles. The molecule has 18 heavy (non-hydrogen) atoms. The van der Waals surface area contributed by atoms with Gasteiger partial charge in [0.15, 0.2) is 0 Å². The number of aromatic nitrogens is 1. The van der Waals surface area contributed by atoms with Crippen LogP contribution >= 0.6 is 0 Å². The molecule has 0 aliphatic carbocycles. The van der Waals surface area contributed by atoms with Crippen LogP contribution in [-0.2, 0) is 6.54 Å². The van der Waals surface area contributed by atoms with Crippen LogP contribution in [0.4, 0.5) is 5.82 Å². The Kier molecular flexibility index (Phi) is 3.13. The fourth-order valence-corrected chi connectivity index (χ4v) is 2.46. The third-order valence-electron chi connectivity index (χ3n) is 3.45. The number of nitrogens with two attached hydrogens (primary N) is 1. The Balaban J connectivity index is 2.07. The highest BCUT2D eigenvalue weighted by Gasteiger charge is 2.13. The number of nitrogens with one attached hydrogen (secondary N) is 1. The predicted octanol–water partition coefficient (Wildman–Crippen LogP) is 1.10. The first-order valence-electron chi connectivity index (χ1n) is 6.43. The SMILES string of the molecule is NCc1cc(N2CCNCC2)nc2ccccc12. The highest BCUT2D eigenvalue weighted by atomic mass is 15.2. The van der Waals surface area contributed by atoms with E-state index in [0.29, 0.717) is 6.54 Å². The fourth-order valence-electron chi connectivity index (χ4n) is 2.46. The average Bonchev–Trinajstić information content (AvgIpc) is 2.47. The lowest BCUT2D eigenvalue weighted by molar-refractivity contribution is 0.585. The molecule has 1 aromatic carbocycles. The summed E-state index contributed by atoms with van der Waals surface area (Å²) in [6.45, 7) is 4.62. The minimum atomic E-state index is 0.558. The summed E-state index contributed by atoms with van der Waals surface area (Å²) in [7, 11) is 0. The maximum Gasteiger partial charge on any atom is 0.129 e. The predicted molar refractivity (Wildman–Crippen MR) is 74.7 cm³/mol. The lowest BCUT2D eigenvalue weighted by atomic mass is 10.1. The van der Waals surface area contributed by atoms with Crippen LogP contribution < -0.4 is 16.0 Å². The highest BCUT2D eigenvalue weighted by Crippen LogP contribution is 2.22. The van der Waals surface area contributed by atoms with Crippen molar-refractivity contribution in [3.8, 4) is 0 Å². The number of hydrogen-bond donors (Lipinski definition) is 2. The van der Waals surface area contributed by atoms with Gasteiger partial charge in [0.2, 0.25) is 0 Å². The average molecular weight is 242 g/mol. The van der Waals surface area contributed by atoms with E-state index in [4.69, 9.17) is 10.7 Å². The van der Waals surface area contributed by atoms with E-state index in [9.17, 15) is 0 Å². The zero-order valence-electron chi connectivity index (χ0n) is 10.4.